The fraction of sp³-hybridized carbons (Fsp3) is 0.600. The summed E-state index contributed by atoms with van der Waals surface area (Å²) >= 11 is 2.24. The predicted octanol–water partition coefficient (Wildman–Crippen LogP) is 3.42. The van der Waals surface area contributed by atoms with Crippen LogP contribution >= 0.6 is 0 Å². The van der Waals surface area contributed by atoms with E-state index in [9.17, 15) is 0 Å². The SMILES string of the molecule is [Li][CH2]CCCCCOCc1ccc(N(C)C)cc1. The Labute approximate surface area is 121 Å². The van der Waals surface area contributed by atoms with Crippen LogP contribution in [0, 0.1) is 0 Å². The van der Waals surface area contributed by atoms with Crippen molar-refractivity contribution in [3.05, 3.63) is 29.8 Å². The van der Waals surface area contributed by atoms with Gasteiger partial charge in [0, 0.05) is 14.1 Å². The number of benzene rings is 1. The summed E-state index contributed by atoms with van der Waals surface area (Å²) in [5.41, 5.74) is 2.49. The Morgan fingerprint density at radius 3 is 2.28 bits per heavy atom. The van der Waals surface area contributed by atoms with Gasteiger partial charge in [-0.1, -0.05) is 0 Å². The van der Waals surface area contributed by atoms with E-state index < -0.39 is 0 Å². The second-order valence-electron chi connectivity index (χ2n) is 5.03. The van der Waals surface area contributed by atoms with Gasteiger partial charge in [-0.3, -0.25) is 0 Å². The summed E-state index contributed by atoms with van der Waals surface area (Å²) in [5.74, 6) is 0. The van der Waals surface area contributed by atoms with Gasteiger partial charge in [0.15, 0.2) is 0 Å². The summed E-state index contributed by atoms with van der Waals surface area (Å²) in [6.07, 6.45) is 5.19. The van der Waals surface area contributed by atoms with E-state index in [-0.39, 0.29) is 0 Å². The zero-order valence-electron chi connectivity index (χ0n) is 12.1. The molecule has 0 aliphatic heterocycles. The standard InChI is InChI=1S/C15H24NO.Li/c1-4-5-6-7-12-17-13-14-8-10-15(11-9-14)16(2)3;/h8-11H,1,4-7,12-13H2,2-3H3;. The first-order valence-electron chi connectivity index (χ1n) is 7.08. The molecule has 2 nitrogen and oxygen atoms in total. The van der Waals surface area contributed by atoms with E-state index in [0.29, 0.717) is 0 Å². The van der Waals surface area contributed by atoms with Crippen molar-refractivity contribution in [3.8, 4) is 0 Å². The molecule has 0 saturated heterocycles. The number of unbranched alkanes of at least 4 members (excludes halogenated alkanes) is 3. The molecule has 1 aromatic carbocycles. The number of hydrogen-bond acceptors (Lipinski definition) is 2. The van der Waals surface area contributed by atoms with E-state index in [1.165, 1.54) is 42.0 Å². The van der Waals surface area contributed by atoms with E-state index in [2.05, 4.69) is 61.0 Å². The first-order chi connectivity index (χ1) is 8.74. The Kier molecular flexibility index (Phi) is 8.25. The van der Waals surface area contributed by atoms with Gasteiger partial charge in [-0.15, -0.1) is 0 Å². The molecule has 1 aromatic rings. The molecule has 0 aliphatic carbocycles. The molecule has 0 amide bonds. The van der Waals surface area contributed by atoms with Crippen LogP contribution in [-0.2, 0) is 11.3 Å². The molecule has 0 heterocycles. The Morgan fingerprint density at radius 1 is 1.00 bits per heavy atom. The van der Waals surface area contributed by atoms with Crippen LogP contribution in [0.4, 0.5) is 5.69 Å². The molecular formula is C15H24LiNO. The first-order valence-corrected chi connectivity index (χ1v) is 7.08. The van der Waals surface area contributed by atoms with Crippen molar-refractivity contribution in [2.75, 3.05) is 25.6 Å². The molecular weight excluding hydrogens is 217 g/mol. The quantitative estimate of drug-likeness (QED) is 0.485. The average Bonchev–Trinajstić information content (AvgIpc) is 2.38. The molecule has 0 atom stereocenters. The van der Waals surface area contributed by atoms with E-state index >= 15 is 0 Å². The van der Waals surface area contributed by atoms with Crippen LogP contribution in [0.2, 0.25) is 5.09 Å². The van der Waals surface area contributed by atoms with Crippen molar-refractivity contribution in [2.45, 2.75) is 37.4 Å². The molecule has 3 heteroatoms. The first kappa shape index (κ1) is 15.6. The third-order valence-corrected chi connectivity index (χ3v) is 3.11. The van der Waals surface area contributed by atoms with Crippen molar-refractivity contribution in [1.29, 1.82) is 0 Å². The molecule has 0 bridgehead atoms. The molecule has 1 rings (SSSR count). The van der Waals surface area contributed by atoms with Crippen molar-refractivity contribution in [2.24, 2.45) is 0 Å². The molecule has 18 heavy (non-hydrogen) atoms. The van der Waals surface area contributed by atoms with E-state index in [4.69, 9.17) is 4.74 Å². The molecule has 0 saturated carbocycles. The monoisotopic (exact) mass is 241 g/mol. The predicted molar refractivity (Wildman–Crippen MR) is 79.5 cm³/mol. The average molecular weight is 241 g/mol. The molecule has 0 unspecified atom stereocenters. The zero-order chi connectivity index (χ0) is 13.2. The third kappa shape index (κ3) is 6.49. The van der Waals surface area contributed by atoms with Crippen LogP contribution in [0.15, 0.2) is 24.3 Å². The second kappa shape index (κ2) is 9.50. The van der Waals surface area contributed by atoms with Crippen molar-refractivity contribution in [3.63, 3.8) is 0 Å². The van der Waals surface area contributed by atoms with Crippen LogP contribution in [0.25, 0.3) is 0 Å². The van der Waals surface area contributed by atoms with Gasteiger partial charge < -0.3 is 4.90 Å². The molecule has 0 aromatic heterocycles. The molecule has 0 aliphatic rings. The molecule has 0 N–H and O–H groups in total. The maximum absolute atomic E-state index is 5.69. The molecule has 0 fully saturated rings. The van der Waals surface area contributed by atoms with E-state index in [1.807, 2.05) is 0 Å². The fourth-order valence-electron chi connectivity index (χ4n) is 1.89. The molecule has 0 radical (unpaired) electrons. The maximum atomic E-state index is 5.69. The summed E-state index contributed by atoms with van der Waals surface area (Å²) in [4.78, 5) is 2.11. The summed E-state index contributed by atoms with van der Waals surface area (Å²) < 4.78 is 5.69. The van der Waals surface area contributed by atoms with E-state index in [0.717, 1.165) is 13.2 Å². The van der Waals surface area contributed by atoms with Crippen LogP contribution < -0.4 is 4.90 Å². The summed E-state index contributed by atoms with van der Waals surface area (Å²) in [7, 11) is 4.11. The van der Waals surface area contributed by atoms with Gasteiger partial charge in [0.2, 0.25) is 0 Å². The number of anilines is 1. The topological polar surface area (TPSA) is 12.5 Å². The normalized spacial score (nSPS) is 10.7. The molecule has 0 spiro atoms. The number of rotatable bonds is 9. The summed E-state index contributed by atoms with van der Waals surface area (Å²) in [6, 6.07) is 8.57. The molecule has 96 valence electrons. The number of hydrogen-bond donors (Lipinski definition) is 0. The Balaban J connectivity index is 2.12. The summed E-state index contributed by atoms with van der Waals surface area (Å²) in [6.45, 7) is 1.63. The van der Waals surface area contributed by atoms with Crippen LogP contribution in [0.1, 0.15) is 31.2 Å². The number of nitrogens with zero attached hydrogens (tertiary/aromatic N) is 1. The van der Waals surface area contributed by atoms with Crippen molar-refractivity contribution in [1.82, 2.24) is 0 Å². The fourth-order valence-corrected chi connectivity index (χ4v) is 1.89. The Hall–Kier alpha value is -0.423. The van der Waals surface area contributed by atoms with Crippen molar-refractivity contribution >= 4 is 23.4 Å². The minimum absolute atomic E-state index is 0.738. The van der Waals surface area contributed by atoms with Gasteiger partial charge in [-0.05, 0) is 0 Å². The van der Waals surface area contributed by atoms with E-state index in [1.54, 1.807) is 0 Å². The third-order valence-electron chi connectivity index (χ3n) is 3.11. The van der Waals surface area contributed by atoms with Gasteiger partial charge in [0.25, 0.3) is 0 Å². The minimum atomic E-state index is 0.738. The zero-order valence-corrected chi connectivity index (χ0v) is 12.1. The number of ether oxygens (including phenoxy) is 1. The van der Waals surface area contributed by atoms with Crippen LogP contribution in [0.5, 0.6) is 0 Å². The van der Waals surface area contributed by atoms with Crippen LogP contribution in [-0.4, -0.2) is 38.4 Å². The van der Waals surface area contributed by atoms with Crippen LogP contribution in [0.3, 0.4) is 0 Å². The van der Waals surface area contributed by atoms with Gasteiger partial charge in [-0.2, -0.15) is 0 Å². The van der Waals surface area contributed by atoms with Gasteiger partial charge >= 0.3 is 102 Å². The van der Waals surface area contributed by atoms with Gasteiger partial charge in [-0.25, -0.2) is 0 Å². The van der Waals surface area contributed by atoms with Gasteiger partial charge in [0.1, 0.15) is 0 Å². The Morgan fingerprint density at radius 2 is 1.67 bits per heavy atom. The second-order valence-corrected chi connectivity index (χ2v) is 5.03. The van der Waals surface area contributed by atoms with Gasteiger partial charge in [0.05, 0.1) is 0 Å². The summed E-state index contributed by atoms with van der Waals surface area (Å²) in [5, 5.41) is 1.30. The van der Waals surface area contributed by atoms with Crippen molar-refractivity contribution < 1.29 is 4.74 Å². The Bertz CT molecular complexity index is 311.